The molecule has 0 saturated carbocycles. The Balaban J connectivity index is 0.00000324. The summed E-state index contributed by atoms with van der Waals surface area (Å²) in [5.41, 5.74) is 0. The summed E-state index contributed by atoms with van der Waals surface area (Å²) in [5.74, 6) is 0. The van der Waals surface area contributed by atoms with Crippen molar-refractivity contribution in [3.63, 3.8) is 0 Å². The van der Waals surface area contributed by atoms with Gasteiger partial charge in [-0.15, -0.1) is 0 Å². The second-order valence-electron chi connectivity index (χ2n) is 5.11. The van der Waals surface area contributed by atoms with Gasteiger partial charge in [0.25, 0.3) is 0 Å². The second kappa shape index (κ2) is 12.7. The van der Waals surface area contributed by atoms with Crippen LogP contribution in [0.15, 0.2) is 31.4 Å². The van der Waals surface area contributed by atoms with Crippen molar-refractivity contribution < 1.29 is 28.5 Å². The van der Waals surface area contributed by atoms with Gasteiger partial charge in [-0.2, -0.15) is 0 Å². The van der Waals surface area contributed by atoms with Crippen LogP contribution in [0.25, 0.3) is 0 Å². The van der Waals surface area contributed by atoms with E-state index in [1.807, 2.05) is 6.08 Å². The van der Waals surface area contributed by atoms with Crippen molar-refractivity contribution in [3.8, 4) is 0 Å². The summed E-state index contributed by atoms with van der Waals surface area (Å²) in [5, 5.41) is 0. The van der Waals surface area contributed by atoms with Gasteiger partial charge in [-0.05, 0) is 12.8 Å². The topological polar surface area (TPSA) is 8.81 Å². The van der Waals surface area contributed by atoms with Crippen LogP contribution in [0.4, 0.5) is 0 Å². The van der Waals surface area contributed by atoms with Crippen LogP contribution in [0.3, 0.4) is 0 Å². The van der Waals surface area contributed by atoms with Crippen LogP contribution in [-0.4, -0.2) is 4.57 Å². The van der Waals surface area contributed by atoms with Crippen LogP contribution >= 0.6 is 0 Å². The van der Waals surface area contributed by atoms with Gasteiger partial charge < -0.3 is 24.0 Å². The fourth-order valence-electron chi connectivity index (χ4n) is 2.26. The normalized spacial score (nSPS) is 10.2. The smallest absolute Gasteiger partial charge is 0.244 e. The number of aromatic nitrogens is 2. The molecule has 0 spiro atoms. The van der Waals surface area contributed by atoms with Gasteiger partial charge in [0.1, 0.15) is 18.9 Å². The summed E-state index contributed by atoms with van der Waals surface area (Å²) in [6.45, 7) is 8.08. The van der Waals surface area contributed by atoms with Crippen molar-refractivity contribution in [2.24, 2.45) is 0 Å². The first kappa shape index (κ1) is 18.7. The summed E-state index contributed by atoms with van der Waals surface area (Å²) in [6, 6.07) is 0. The summed E-state index contributed by atoms with van der Waals surface area (Å²) in [4.78, 5) is 0. The maximum absolute atomic E-state index is 3.75. The molecule has 0 radical (unpaired) electrons. The molecule has 2 nitrogen and oxygen atoms in total. The van der Waals surface area contributed by atoms with E-state index in [9.17, 15) is 0 Å². The van der Waals surface area contributed by atoms with Crippen LogP contribution in [-0.2, 0) is 13.1 Å². The summed E-state index contributed by atoms with van der Waals surface area (Å²) in [7, 11) is 0. The lowest BCUT2D eigenvalue weighted by atomic mass is 10.1. The molecule has 0 atom stereocenters. The molecule has 1 aromatic rings. The number of hydrogen-bond acceptors (Lipinski definition) is 0. The average Bonchev–Trinajstić information content (AvgIpc) is 2.81. The Kier molecular flexibility index (Phi) is 12.5. The number of imidazole rings is 1. The molecule has 0 aliphatic rings. The van der Waals surface area contributed by atoms with Crippen molar-refractivity contribution >= 4 is 0 Å². The predicted octanol–water partition coefficient (Wildman–Crippen LogP) is 1.11. The van der Waals surface area contributed by atoms with Crippen molar-refractivity contribution in [3.05, 3.63) is 31.4 Å². The van der Waals surface area contributed by atoms with E-state index in [-0.39, 0.29) is 24.0 Å². The number of halogens is 1. The molecule has 0 aliphatic carbocycles. The Bertz CT molecular complexity index is 320. The minimum Gasteiger partial charge on any atom is -1.00 e. The zero-order chi connectivity index (χ0) is 13.1. The second-order valence-corrected chi connectivity index (χ2v) is 5.11. The van der Waals surface area contributed by atoms with E-state index in [0.29, 0.717) is 0 Å². The molecular weight excluding hydrogens is 347 g/mol. The van der Waals surface area contributed by atoms with E-state index in [1.165, 1.54) is 51.4 Å². The third kappa shape index (κ3) is 9.25. The molecule has 110 valence electrons. The number of unbranched alkanes of at least 4 members (excludes halogenated alkanes) is 7. The molecule has 0 N–H and O–H groups in total. The largest absolute Gasteiger partial charge is 1.00 e. The quantitative estimate of drug-likeness (QED) is 0.237. The molecule has 1 rings (SSSR count). The van der Waals surface area contributed by atoms with Crippen molar-refractivity contribution in [1.82, 2.24) is 4.57 Å². The number of rotatable bonds is 11. The number of hydrogen-bond donors (Lipinski definition) is 0. The first-order chi connectivity index (χ1) is 8.86. The molecule has 0 aromatic carbocycles. The zero-order valence-corrected chi connectivity index (χ0v) is 14.5. The Labute approximate surface area is 135 Å². The van der Waals surface area contributed by atoms with E-state index >= 15 is 0 Å². The summed E-state index contributed by atoms with van der Waals surface area (Å²) in [6.07, 6.45) is 19.5. The van der Waals surface area contributed by atoms with Gasteiger partial charge in [0.05, 0.1) is 6.54 Å². The van der Waals surface area contributed by atoms with Crippen LogP contribution in [0.5, 0.6) is 0 Å². The van der Waals surface area contributed by atoms with Gasteiger partial charge in [-0.3, -0.25) is 0 Å². The third-order valence-corrected chi connectivity index (χ3v) is 3.36. The van der Waals surface area contributed by atoms with Gasteiger partial charge in [-0.1, -0.05) is 58.1 Å². The zero-order valence-electron chi connectivity index (χ0n) is 12.4. The lowest BCUT2D eigenvalue weighted by Crippen LogP contribution is -3.00. The molecule has 0 bridgehead atoms. The summed E-state index contributed by atoms with van der Waals surface area (Å²) >= 11 is 0. The molecule has 19 heavy (non-hydrogen) atoms. The van der Waals surface area contributed by atoms with Gasteiger partial charge in [0, 0.05) is 0 Å². The highest BCUT2D eigenvalue weighted by molar-refractivity contribution is 4.73. The average molecular weight is 376 g/mol. The van der Waals surface area contributed by atoms with Gasteiger partial charge in [0.2, 0.25) is 6.33 Å². The highest BCUT2D eigenvalue weighted by atomic mass is 127. The lowest BCUT2D eigenvalue weighted by molar-refractivity contribution is -0.696. The van der Waals surface area contributed by atoms with E-state index < -0.39 is 0 Å². The van der Waals surface area contributed by atoms with Crippen molar-refractivity contribution in [2.75, 3.05) is 0 Å². The van der Waals surface area contributed by atoms with Crippen LogP contribution in [0, 0.1) is 0 Å². The first-order valence-electron chi connectivity index (χ1n) is 7.52. The van der Waals surface area contributed by atoms with E-state index in [0.717, 1.165) is 13.1 Å². The van der Waals surface area contributed by atoms with Crippen molar-refractivity contribution in [2.45, 2.75) is 71.4 Å². The number of aryl methyl sites for hydroxylation is 1. The monoisotopic (exact) mass is 376 g/mol. The SMILES string of the molecule is C=CCn1cc[n+](CCCCCCCCCC)c1.[I-]. The molecule has 1 aromatic heterocycles. The van der Waals surface area contributed by atoms with Gasteiger partial charge in [-0.25, -0.2) is 9.13 Å². The van der Waals surface area contributed by atoms with E-state index in [2.05, 4.69) is 41.4 Å². The molecule has 3 heteroatoms. The molecule has 0 amide bonds. The highest BCUT2D eigenvalue weighted by Crippen LogP contribution is 2.08. The predicted molar refractivity (Wildman–Crippen MR) is 77.4 cm³/mol. The van der Waals surface area contributed by atoms with Crippen LogP contribution in [0.1, 0.15) is 58.3 Å². The van der Waals surface area contributed by atoms with Gasteiger partial charge >= 0.3 is 0 Å². The minimum atomic E-state index is 0. The molecule has 0 aliphatic heterocycles. The molecule has 0 unspecified atom stereocenters. The summed E-state index contributed by atoms with van der Waals surface area (Å²) < 4.78 is 4.44. The fraction of sp³-hybridized carbons (Fsp3) is 0.688. The maximum Gasteiger partial charge on any atom is 0.244 e. The minimum absolute atomic E-state index is 0. The third-order valence-electron chi connectivity index (χ3n) is 3.36. The number of allylic oxidation sites excluding steroid dienone is 1. The van der Waals surface area contributed by atoms with Crippen molar-refractivity contribution in [1.29, 1.82) is 0 Å². The maximum atomic E-state index is 3.75. The standard InChI is InChI=1S/C16H29N2.HI/c1-3-5-6-7-8-9-10-11-13-18-15-14-17(16-18)12-4-2;/h4,14-16H,2-3,5-13H2,1H3;1H/q+1;/p-1. The van der Waals surface area contributed by atoms with Gasteiger partial charge in [0.15, 0.2) is 0 Å². The Hall–Kier alpha value is -0.320. The molecular formula is C16H29IN2. The first-order valence-corrected chi connectivity index (χ1v) is 7.52. The Morgan fingerprint density at radius 3 is 2.32 bits per heavy atom. The van der Waals surface area contributed by atoms with Crippen LogP contribution < -0.4 is 28.5 Å². The highest BCUT2D eigenvalue weighted by Gasteiger charge is 2.01. The number of nitrogens with zero attached hydrogens (tertiary/aromatic N) is 2. The molecule has 0 saturated heterocycles. The fourth-order valence-corrected chi connectivity index (χ4v) is 2.26. The Morgan fingerprint density at radius 1 is 1.05 bits per heavy atom. The van der Waals surface area contributed by atoms with Crippen LogP contribution in [0.2, 0.25) is 0 Å². The molecule has 0 fully saturated rings. The lowest BCUT2D eigenvalue weighted by Gasteiger charge is -2.00. The van der Waals surface area contributed by atoms with E-state index in [1.54, 1.807) is 0 Å². The Morgan fingerprint density at radius 2 is 1.68 bits per heavy atom. The molecule has 1 heterocycles. The van der Waals surface area contributed by atoms with E-state index in [4.69, 9.17) is 0 Å².